The summed E-state index contributed by atoms with van der Waals surface area (Å²) < 4.78 is 47.0. The third kappa shape index (κ3) is 11.9. The second kappa shape index (κ2) is 13.0. The van der Waals surface area contributed by atoms with E-state index in [4.69, 9.17) is 9.47 Å². The van der Waals surface area contributed by atoms with Crippen LogP contribution in [0.25, 0.3) is 0 Å². The summed E-state index contributed by atoms with van der Waals surface area (Å²) in [5.74, 6) is 1.06. The Bertz CT molecular complexity index is 514. The van der Waals surface area contributed by atoms with Crippen LogP contribution >= 0.6 is 24.0 Å². The molecule has 5 nitrogen and oxygen atoms in total. The van der Waals surface area contributed by atoms with Gasteiger partial charge < -0.3 is 20.1 Å². The lowest BCUT2D eigenvalue weighted by molar-refractivity contribution is -0.132. The van der Waals surface area contributed by atoms with Crippen LogP contribution < -0.4 is 15.4 Å². The maximum Gasteiger partial charge on any atom is 0.390 e. The fourth-order valence-corrected chi connectivity index (χ4v) is 1.81. The van der Waals surface area contributed by atoms with Crippen molar-refractivity contribution >= 4 is 29.9 Å². The van der Waals surface area contributed by atoms with E-state index in [-0.39, 0.29) is 30.5 Å². The molecule has 0 aliphatic rings. The Hall–Kier alpha value is -1.23. The van der Waals surface area contributed by atoms with Gasteiger partial charge in [0.15, 0.2) is 5.96 Å². The molecule has 9 heteroatoms. The molecule has 0 bridgehead atoms. The topological polar surface area (TPSA) is 54.9 Å². The number of hydrogen-bond donors (Lipinski definition) is 2. The quantitative estimate of drug-likeness (QED) is 0.249. The summed E-state index contributed by atoms with van der Waals surface area (Å²) >= 11 is 0. The minimum Gasteiger partial charge on any atom is -0.491 e. The molecule has 0 aliphatic heterocycles. The van der Waals surface area contributed by atoms with Gasteiger partial charge in [0.25, 0.3) is 0 Å². The summed E-state index contributed by atoms with van der Waals surface area (Å²) in [4.78, 5) is 4.29. The number of benzene rings is 1. The van der Waals surface area contributed by atoms with Crippen LogP contribution in [-0.2, 0) is 11.3 Å². The fraction of sp³-hybridized carbons (Fsp3) is 0.562. The minimum atomic E-state index is -4.18. The van der Waals surface area contributed by atoms with Crippen molar-refractivity contribution in [3.8, 4) is 5.75 Å². The summed E-state index contributed by atoms with van der Waals surface area (Å²) in [5.41, 5.74) is 0.901. The lowest BCUT2D eigenvalue weighted by Crippen LogP contribution is -2.38. The van der Waals surface area contributed by atoms with E-state index >= 15 is 0 Å². The van der Waals surface area contributed by atoms with E-state index in [2.05, 4.69) is 15.6 Å². The van der Waals surface area contributed by atoms with Gasteiger partial charge in [-0.2, -0.15) is 13.2 Å². The number of nitrogens with zero attached hydrogens (tertiary/aromatic N) is 1. The molecule has 1 aromatic rings. The Morgan fingerprint density at radius 3 is 2.60 bits per heavy atom. The number of rotatable bonds is 9. The van der Waals surface area contributed by atoms with Crippen molar-refractivity contribution in [1.29, 1.82) is 0 Å². The summed E-state index contributed by atoms with van der Waals surface area (Å²) in [6.07, 6.45) is -5.08. The Morgan fingerprint density at radius 2 is 1.96 bits per heavy atom. The van der Waals surface area contributed by atoms with Gasteiger partial charge in [-0.1, -0.05) is 12.1 Å². The standard InChI is InChI=1S/C16H24F3N3O2.HI/c1-3-20-15(21-8-7-16(17,18)19)22-12-13-5-4-6-14(11-13)24-10-9-23-2;/h4-6,11H,3,7-10,12H2,1-2H3,(H2,20,21,22);1H. The zero-order chi connectivity index (χ0) is 17.8. The van der Waals surface area contributed by atoms with Crippen molar-refractivity contribution in [3.63, 3.8) is 0 Å². The summed E-state index contributed by atoms with van der Waals surface area (Å²) in [6.45, 7) is 3.49. The molecular formula is C16H25F3IN3O2. The number of ether oxygens (including phenoxy) is 2. The maximum atomic E-state index is 12.2. The second-order valence-corrected chi connectivity index (χ2v) is 4.98. The minimum absolute atomic E-state index is 0. The van der Waals surface area contributed by atoms with Gasteiger partial charge in [0.05, 0.1) is 19.6 Å². The zero-order valence-corrected chi connectivity index (χ0v) is 16.7. The maximum absolute atomic E-state index is 12.2. The zero-order valence-electron chi connectivity index (χ0n) is 14.4. The average molecular weight is 475 g/mol. The lowest BCUT2D eigenvalue weighted by Gasteiger charge is -2.12. The van der Waals surface area contributed by atoms with Crippen molar-refractivity contribution in [2.24, 2.45) is 4.99 Å². The third-order valence-electron chi connectivity index (χ3n) is 2.92. The number of guanidine groups is 1. The molecule has 0 atom stereocenters. The van der Waals surface area contributed by atoms with E-state index in [0.717, 1.165) is 5.56 Å². The van der Waals surface area contributed by atoms with Crippen molar-refractivity contribution < 1.29 is 22.6 Å². The van der Waals surface area contributed by atoms with E-state index in [1.807, 2.05) is 31.2 Å². The molecule has 0 saturated carbocycles. The van der Waals surface area contributed by atoms with Crippen molar-refractivity contribution in [3.05, 3.63) is 29.8 Å². The normalized spacial score (nSPS) is 11.6. The van der Waals surface area contributed by atoms with Crippen LogP contribution in [0.5, 0.6) is 5.75 Å². The number of aliphatic imine (C=N–C) groups is 1. The molecule has 0 aromatic heterocycles. The van der Waals surface area contributed by atoms with Gasteiger partial charge in [0, 0.05) is 20.2 Å². The van der Waals surface area contributed by atoms with Gasteiger partial charge in [-0.3, -0.25) is 0 Å². The number of methoxy groups -OCH3 is 1. The fourth-order valence-electron chi connectivity index (χ4n) is 1.81. The van der Waals surface area contributed by atoms with Crippen molar-refractivity contribution in [2.75, 3.05) is 33.4 Å². The highest BCUT2D eigenvalue weighted by atomic mass is 127. The Balaban J connectivity index is 0.00000576. The lowest BCUT2D eigenvalue weighted by atomic mass is 10.2. The first-order valence-electron chi connectivity index (χ1n) is 7.74. The van der Waals surface area contributed by atoms with Crippen LogP contribution in [0.2, 0.25) is 0 Å². The molecule has 2 N–H and O–H groups in total. The van der Waals surface area contributed by atoms with Crippen LogP contribution in [0.4, 0.5) is 13.2 Å². The van der Waals surface area contributed by atoms with Gasteiger partial charge in [-0.05, 0) is 24.6 Å². The molecule has 0 heterocycles. The number of nitrogens with one attached hydrogen (secondary N) is 2. The predicted octanol–water partition coefficient (Wildman–Crippen LogP) is 3.34. The highest BCUT2D eigenvalue weighted by Gasteiger charge is 2.26. The first-order valence-corrected chi connectivity index (χ1v) is 7.74. The summed E-state index contributed by atoms with van der Waals surface area (Å²) in [5, 5.41) is 5.59. The van der Waals surface area contributed by atoms with E-state index < -0.39 is 12.6 Å². The molecule has 0 radical (unpaired) electrons. The largest absolute Gasteiger partial charge is 0.491 e. The van der Waals surface area contributed by atoms with Crippen LogP contribution in [0.15, 0.2) is 29.3 Å². The molecular weight excluding hydrogens is 450 g/mol. The number of hydrogen-bond acceptors (Lipinski definition) is 3. The van der Waals surface area contributed by atoms with Crippen LogP contribution in [0, 0.1) is 0 Å². The Kier molecular flexibility index (Phi) is 12.4. The Labute approximate surface area is 163 Å². The first-order chi connectivity index (χ1) is 11.4. The van der Waals surface area contributed by atoms with Crippen molar-refractivity contribution in [2.45, 2.75) is 26.1 Å². The van der Waals surface area contributed by atoms with Crippen LogP contribution in [0.1, 0.15) is 18.9 Å². The first kappa shape index (κ1) is 23.8. The highest BCUT2D eigenvalue weighted by molar-refractivity contribution is 14.0. The van der Waals surface area contributed by atoms with Crippen molar-refractivity contribution in [1.82, 2.24) is 10.6 Å². The Morgan fingerprint density at radius 1 is 1.20 bits per heavy atom. The molecule has 1 rings (SSSR count). The molecule has 0 unspecified atom stereocenters. The van der Waals surface area contributed by atoms with E-state index in [1.165, 1.54) is 0 Å². The third-order valence-corrected chi connectivity index (χ3v) is 2.92. The SMILES string of the molecule is CCNC(=NCc1cccc(OCCOC)c1)NCCC(F)(F)F.I. The molecule has 144 valence electrons. The van der Waals surface area contributed by atoms with E-state index in [0.29, 0.717) is 38.0 Å². The average Bonchev–Trinajstić information content (AvgIpc) is 2.52. The van der Waals surface area contributed by atoms with Gasteiger partial charge in [0.2, 0.25) is 0 Å². The van der Waals surface area contributed by atoms with Gasteiger partial charge in [0.1, 0.15) is 12.4 Å². The molecule has 0 fully saturated rings. The van der Waals surface area contributed by atoms with Crippen LogP contribution in [0.3, 0.4) is 0 Å². The number of alkyl halides is 3. The predicted molar refractivity (Wildman–Crippen MR) is 103 cm³/mol. The second-order valence-electron chi connectivity index (χ2n) is 4.98. The molecule has 0 spiro atoms. The van der Waals surface area contributed by atoms with E-state index in [1.54, 1.807) is 7.11 Å². The van der Waals surface area contributed by atoms with Gasteiger partial charge in [-0.15, -0.1) is 24.0 Å². The molecule has 0 aliphatic carbocycles. The van der Waals surface area contributed by atoms with Crippen LogP contribution in [-0.4, -0.2) is 45.5 Å². The number of halogens is 4. The molecule has 0 saturated heterocycles. The van der Waals surface area contributed by atoms with Gasteiger partial charge in [-0.25, -0.2) is 4.99 Å². The molecule has 25 heavy (non-hydrogen) atoms. The summed E-state index contributed by atoms with van der Waals surface area (Å²) in [6, 6.07) is 7.40. The smallest absolute Gasteiger partial charge is 0.390 e. The molecule has 1 aromatic carbocycles. The molecule has 0 amide bonds. The summed E-state index contributed by atoms with van der Waals surface area (Å²) in [7, 11) is 1.60. The van der Waals surface area contributed by atoms with E-state index in [9.17, 15) is 13.2 Å². The van der Waals surface area contributed by atoms with Gasteiger partial charge >= 0.3 is 6.18 Å². The highest BCUT2D eigenvalue weighted by Crippen LogP contribution is 2.18. The monoisotopic (exact) mass is 475 g/mol.